The number of anilines is 1. The number of nitrogens with zero attached hydrogens (tertiary/aromatic N) is 3. The highest BCUT2D eigenvalue weighted by Crippen LogP contribution is 2.11. The van der Waals surface area contributed by atoms with Crippen molar-refractivity contribution in [3.05, 3.63) is 54.0 Å². The molecule has 0 bridgehead atoms. The van der Waals surface area contributed by atoms with Crippen LogP contribution in [0.3, 0.4) is 0 Å². The molecule has 1 N–H and O–H groups in total. The monoisotopic (exact) mass is 298 g/mol. The first-order valence-corrected chi connectivity index (χ1v) is 7.55. The molecule has 2 aromatic rings. The van der Waals surface area contributed by atoms with E-state index in [2.05, 4.69) is 22.2 Å². The molecule has 0 aromatic carbocycles. The summed E-state index contributed by atoms with van der Waals surface area (Å²) in [4.78, 5) is 22.4. The van der Waals surface area contributed by atoms with Gasteiger partial charge in [-0.15, -0.1) is 0 Å². The molecule has 22 heavy (non-hydrogen) atoms. The molecular weight excluding hydrogens is 276 g/mol. The molecule has 0 saturated heterocycles. The topological polar surface area (TPSA) is 58.1 Å². The fraction of sp³-hybridized carbons (Fsp3) is 0.353. The fourth-order valence-electron chi connectivity index (χ4n) is 2.07. The number of aromatic nitrogens is 2. The van der Waals surface area contributed by atoms with Crippen molar-refractivity contribution in [2.45, 2.75) is 26.3 Å². The largest absolute Gasteiger partial charge is 0.366 e. The number of rotatable bonds is 7. The molecule has 0 atom stereocenters. The van der Waals surface area contributed by atoms with E-state index >= 15 is 0 Å². The molecule has 1 amide bonds. The third kappa shape index (κ3) is 4.55. The minimum atomic E-state index is 0.0280. The van der Waals surface area contributed by atoms with Crippen molar-refractivity contribution in [1.82, 2.24) is 14.9 Å². The number of carbonyl (C=O) groups excluding carboxylic acids is 1. The Hall–Kier alpha value is -2.43. The molecule has 0 aliphatic heterocycles. The van der Waals surface area contributed by atoms with Crippen LogP contribution in [0, 0.1) is 0 Å². The van der Waals surface area contributed by atoms with Gasteiger partial charge in [-0.3, -0.25) is 9.78 Å². The van der Waals surface area contributed by atoms with Crippen molar-refractivity contribution in [1.29, 1.82) is 0 Å². The average molecular weight is 298 g/mol. The molecule has 0 fully saturated rings. The lowest BCUT2D eigenvalue weighted by molar-refractivity contribution is 0.0793. The first-order valence-electron chi connectivity index (χ1n) is 7.55. The van der Waals surface area contributed by atoms with Gasteiger partial charge in [-0.1, -0.05) is 19.4 Å². The van der Waals surface area contributed by atoms with Gasteiger partial charge < -0.3 is 10.2 Å². The third-order valence-corrected chi connectivity index (χ3v) is 3.40. The maximum atomic E-state index is 12.3. The summed E-state index contributed by atoms with van der Waals surface area (Å²) >= 11 is 0. The van der Waals surface area contributed by atoms with E-state index in [1.54, 1.807) is 35.6 Å². The highest BCUT2D eigenvalue weighted by molar-refractivity contribution is 5.94. The van der Waals surface area contributed by atoms with Crippen LogP contribution in [0.5, 0.6) is 0 Å². The Balaban J connectivity index is 1.98. The van der Waals surface area contributed by atoms with Crippen molar-refractivity contribution < 1.29 is 4.79 Å². The highest BCUT2D eigenvalue weighted by Gasteiger charge is 2.11. The van der Waals surface area contributed by atoms with Crippen molar-refractivity contribution in [2.24, 2.45) is 0 Å². The lowest BCUT2D eigenvalue weighted by atomic mass is 10.2. The molecule has 0 unspecified atom stereocenters. The van der Waals surface area contributed by atoms with E-state index < -0.39 is 0 Å². The summed E-state index contributed by atoms with van der Waals surface area (Å²) in [5, 5.41) is 3.22. The number of pyridine rings is 2. The number of amides is 1. The van der Waals surface area contributed by atoms with Gasteiger partial charge in [0.15, 0.2) is 0 Å². The highest BCUT2D eigenvalue weighted by atomic mass is 16.2. The van der Waals surface area contributed by atoms with Crippen LogP contribution in [0.25, 0.3) is 0 Å². The first kappa shape index (κ1) is 15.9. The number of unbranched alkanes of at least 4 members (excludes halogenated alkanes) is 1. The van der Waals surface area contributed by atoms with Gasteiger partial charge in [0.2, 0.25) is 0 Å². The summed E-state index contributed by atoms with van der Waals surface area (Å²) in [6.45, 7) is 3.52. The maximum Gasteiger partial charge on any atom is 0.253 e. The molecule has 2 heterocycles. The van der Waals surface area contributed by atoms with Crippen LogP contribution in [0.1, 0.15) is 35.7 Å². The van der Waals surface area contributed by atoms with Gasteiger partial charge in [-0.2, -0.15) is 0 Å². The number of nitrogens with one attached hydrogen (secondary N) is 1. The minimum Gasteiger partial charge on any atom is -0.366 e. The molecule has 2 aromatic heterocycles. The predicted molar refractivity (Wildman–Crippen MR) is 87.7 cm³/mol. The Morgan fingerprint density at radius 1 is 1.32 bits per heavy atom. The Morgan fingerprint density at radius 2 is 2.18 bits per heavy atom. The molecule has 0 spiro atoms. The van der Waals surface area contributed by atoms with Crippen molar-refractivity contribution in [3.63, 3.8) is 0 Å². The summed E-state index contributed by atoms with van der Waals surface area (Å²) in [6, 6.07) is 7.43. The Morgan fingerprint density at radius 3 is 2.91 bits per heavy atom. The van der Waals surface area contributed by atoms with Gasteiger partial charge in [0.1, 0.15) is 5.82 Å². The van der Waals surface area contributed by atoms with Crippen LogP contribution in [0.2, 0.25) is 0 Å². The number of hydrogen-bond donors (Lipinski definition) is 1. The van der Waals surface area contributed by atoms with Gasteiger partial charge in [0.25, 0.3) is 5.91 Å². The van der Waals surface area contributed by atoms with Crippen LogP contribution < -0.4 is 5.32 Å². The van der Waals surface area contributed by atoms with Crippen LogP contribution >= 0.6 is 0 Å². The molecular formula is C17H22N4O. The molecule has 0 aliphatic carbocycles. The second-order valence-electron chi connectivity index (χ2n) is 5.22. The van der Waals surface area contributed by atoms with Crippen molar-refractivity contribution in [3.8, 4) is 0 Å². The van der Waals surface area contributed by atoms with Crippen LogP contribution in [0.15, 0.2) is 42.9 Å². The summed E-state index contributed by atoms with van der Waals surface area (Å²) in [5.74, 6) is 0.721. The zero-order valence-corrected chi connectivity index (χ0v) is 13.1. The second kappa shape index (κ2) is 8.12. The molecule has 0 saturated carbocycles. The number of hydrogen-bond acceptors (Lipinski definition) is 4. The predicted octanol–water partition coefficient (Wildman–Crippen LogP) is 2.96. The van der Waals surface area contributed by atoms with Gasteiger partial charge >= 0.3 is 0 Å². The average Bonchev–Trinajstić information content (AvgIpc) is 2.58. The quantitative estimate of drug-likeness (QED) is 0.854. The van der Waals surface area contributed by atoms with Crippen LogP contribution in [-0.4, -0.2) is 34.4 Å². The standard InChI is InChI=1S/C17H22N4O/c1-3-4-10-21(2)17(22)15-7-9-19-16(11-15)20-13-14-6-5-8-18-12-14/h5-9,11-12H,3-4,10,13H2,1-2H3,(H,19,20). The number of carbonyl (C=O) groups is 1. The third-order valence-electron chi connectivity index (χ3n) is 3.40. The van der Waals surface area contributed by atoms with Crippen LogP contribution in [0.4, 0.5) is 5.82 Å². The van der Waals surface area contributed by atoms with Gasteiger partial charge in [0, 0.05) is 44.3 Å². The van der Waals surface area contributed by atoms with E-state index in [1.165, 1.54) is 0 Å². The Bertz CT molecular complexity index is 601. The van der Waals surface area contributed by atoms with E-state index in [4.69, 9.17) is 0 Å². The summed E-state index contributed by atoms with van der Waals surface area (Å²) in [6.07, 6.45) is 7.30. The Kier molecular flexibility index (Phi) is 5.89. The van der Waals surface area contributed by atoms with Crippen LogP contribution in [-0.2, 0) is 6.54 Å². The van der Waals surface area contributed by atoms with E-state index in [9.17, 15) is 4.79 Å². The summed E-state index contributed by atoms with van der Waals surface area (Å²) in [7, 11) is 1.83. The molecule has 0 aliphatic rings. The lowest BCUT2D eigenvalue weighted by Gasteiger charge is -2.17. The van der Waals surface area contributed by atoms with E-state index in [0.717, 1.165) is 24.9 Å². The molecule has 2 rings (SSSR count). The van der Waals surface area contributed by atoms with E-state index in [1.807, 2.05) is 19.2 Å². The van der Waals surface area contributed by atoms with E-state index in [-0.39, 0.29) is 5.91 Å². The molecule has 5 heteroatoms. The molecule has 0 radical (unpaired) electrons. The lowest BCUT2D eigenvalue weighted by Crippen LogP contribution is -2.27. The summed E-state index contributed by atoms with van der Waals surface area (Å²) in [5.41, 5.74) is 1.73. The fourth-order valence-corrected chi connectivity index (χ4v) is 2.07. The zero-order valence-electron chi connectivity index (χ0n) is 13.1. The minimum absolute atomic E-state index is 0.0280. The second-order valence-corrected chi connectivity index (χ2v) is 5.22. The van der Waals surface area contributed by atoms with Gasteiger partial charge in [-0.25, -0.2) is 4.98 Å². The zero-order chi connectivity index (χ0) is 15.8. The maximum absolute atomic E-state index is 12.3. The SMILES string of the molecule is CCCCN(C)C(=O)c1ccnc(NCc2cccnc2)c1. The van der Waals surface area contributed by atoms with Crippen molar-refractivity contribution in [2.75, 3.05) is 18.9 Å². The Labute approximate surface area is 131 Å². The normalized spacial score (nSPS) is 10.3. The van der Waals surface area contributed by atoms with Gasteiger partial charge in [0.05, 0.1) is 0 Å². The molecule has 116 valence electrons. The molecule has 5 nitrogen and oxygen atoms in total. The first-order chi connectivity index (χ1) is 10.7. The summed E-state index contributed by atoms with van der Waals surface area (Å²) < 4.78 is 0. The van der Waals surface area contributed by atoms with Crippen molar-refractivity contribution >= 4 is 11.7 Å². The van der Waals surface area contributed by atoms with E-state index in [0.29, 0.717) is 17.9 Å². The smallest absolute Gasteiger partial charge is 0.253 e. The van der Waals surface area contributed by atoms with Gasteiger partial charge in [-0.05, 0) is 30.2 Å².